The van der Waals surface area contributed by atoms with E-state index in [1.165, 1.54) is 12.2 Å². The van der Waals surface area contributed by atoms with Crippen molar-refractivity contribution in [3.8, 4) is 0 Å². The lowest BCUT2D eigenvalue weighted by Gasteiger charge is -2.33. The summed E-state index contributed by atoms with van der Waals surface area (Å²) in [6.07, 6.45) is 7.34. The Bertz CT molecular complexity index is 482. The average Bonchev–Trinajstić information content (AvgIpc) is 2.58. The molecular weight excluding hydrogens is 312 g/mol. The van der Waals surface area contributed by atoms with Crippen LogP contribution in [0.5, 0.6) is 0 Å². The number of nitrogens with one attached hydrogen (secondary N) is 1. The lowest BCUT2D eigenvalue weighted by molar-refractivity contribution is -0.137. The van der Waals surface area contributed by atoms with Crippen molar-refractivity contribution in [2.24, 2.45) is 11.0 Å². The van der Waals surface area contributed by atoms with Gasteiger partial charge >= 0.3 is 12.1 Å². The molecule has 0 spiro atoms. The van der Waals surface area contributed by atoms with Gasteiger partial charge in [0.25, 0.3) is 0 Å². The minimum absolute atomic E-state index is 0.172. The Labute approximate surface area is 142 Å². The zero-order valence-corrected chi connectivity index (χ0v) is 14.3. The first-order valence-electron chi connectivity index (χ1n) is 8.44. The van der Waals surface area contributed by atoms with E-state index in [4.69, 9.17) is 15.0 Å². The number of hydrogen-bond donors (Lipinski definition) is 1. The Morgan fingerprint density at radius 1 is 1.25 bits per heavy atom. The molecule has 0 aromatic heterocycles. The first-order chi connectivity index (χ1) is 11.6. The summed E-state index contributed by atoms with van der Waals surface area (Å²) in [4.78, 5) is 26.2. The number of alkyl carbamates (subject to hydrolysis) is 1. The number of carbonyl (C=O) groups excluding carboxylic acids is 2. The molecule has 0 unspecified atom stereocenters. The second-order valence-electron chi connectivity index (χ2n) is 5.60. The topological polar surface area (TPSA) is 113 Å². The summed E-state index contributed by atoms with van der Waals surface area (Å²) in [6, 6.07) is -1.09. The highest BCUT2D eigenvalue weighted by molar-refractivity contribution is 5.82. The van der Waals surface area contributed by atoms with Crippen LogP contribution in [0.4, 0.5) is 4.79 Å². The fourth-order valence-corrected chi connectivity index (χ4v) is 2.94. The predicted molar refractivity (Wildman–Crippen MR) is 89.2 cm³/mol. The first kappa shape index (κ1) is 19.8. The van der Waals surface area contributed by atoms with Crippen molar-refractivity contribution in [2.75, 3.05) is 13.2 Å². The maximum atomic E-state index is 11.9. The standard InChI is InChI=1S/C16H26N4O4/c1-3-23-14(21)11-10-13(19-20-17)15(18-16(22)24-4-2)12-8-6-5-7-9-12/h10-13,15H,3-9H2,1-2H3,(H,18,22)/b11-10+/t13-,15+/m0/s1. The summed E-state index contributed by atoms with van der Waals surface area (Å²) in [5.41, 5.74) is 8.85. The van der Waals surface area contributed by atoms with Gasteiger partial charge in [0.15, 0.2) is 0 Å². The van der Waals surface area contributed by atoms with E-state index in [-0.39, 0.29) is 19.1 Å². The number of amides is 1. The van der Waals surface area contributed by atoms with Gasteiger partial charge in [-0.1, -0.05) is 30.5 Å². The molecule has 8 heteroatoms. The number of hydrogen-bond acceptors (Lipinski definition) is 5. The number of ether oxygens (including phenoxy) is 2. The minimum Gasteiger partial charge on any atom is -0.463 e. The van der Waals surface area contributed by atoms with Gasteiger partial charge < -0.3 is 14.8 Å². The van der Waals surface area contributed by atoms with Crippen molar-refractivity contribution in [3.63, 3.8) is 0 Å². The number of esters is 1. The lowest BCUT2D eigenvalue weighted by atomic mass is 9.81. The number of nitrogens with zero attached hydrogens (tertiary/aromatic N) is 3. The molecule has 0 bridgehead atoms. The lowest BCUT2D eigenvalue weighted by Crippen LogP contribution is -2.47. The van der Waals surface area contributed by atoms with E-state index in [1.807, 2.05) is 0 Å². The number of rotatable bonds is 8. The third-order valence-electron chi connectivity index (χ3n) is 3.99. The van der Waals surface area contributed by atoms with Crippen LogP contribution in [0.1, 0.15) is 46.0 Å². The molecule has 0 aromatic carbocycles. The minimum atomic E-state index is -0.674. The van der Waals surface area contributed by atoms with Crippen molar-refractivity contribution < 1.29 is 19.1 Å². The molecule has 0 radical (unpaired) electrons. The highest BCUT2D eigenvalue weighted by Gasteiger charge is 2.30. The highest BCUT2D eigenvalue weighted by Crippen LogP contribution is 2.29. The van der Waals surface area contributed by atoms with Crippen molar-refractivity contribution in [1.29, 1.82) is 0 Å². The molecule has 134 valence electrons. The fourth-order valence-electron chi connectivity index (χ4n) is 2.94. The van der Waals surface area contributed by atoms with Crippen molar-refractivity contribution in [2.45, 2.75) is 58.0 Å². The SMILES string of the molecule is CCOC(=O)/C=C/[C@H](N=[N+]=[N-])[C@H](NC(=O)OCC)C1CCCCC1. The summed E-state index contributed by atoms with van der Waals surface area (Å²) in [7, 11) is 0. The molecule has 1 amide bonds. The van der Waals surface area contributed by atoms with Gasteiger partial charge in [0.2, 0.25) is 0 Å². The van der Waals surface area contributed by atoms with Crippen LogP contribution >= 0.6 is 0 Å². The largest absolute Gasteiger partial charge is 0.463 e. The second kappa shape index (κ2) is 11.3. The van der Waals surface area contributed by atoms with Crippen LogP contribution in [0.25, 0.3) is 10.4 Å². The van der Waals surface area contributed by atoms with Gasteiger partial charge in [0, 0.05) is 17.0 Å². The molecule has 0 saturated heterocycles. The van der Waals surface area contributed by atoms with Crippen LogP contribution in [0.3, 0.4) is 0 Å². The molecule has 24 heavy (non-hydrogen) atoms. The Hall–Kier alpha value is -2.21. The van der Waals surface area contributed by atoms with E-state index in [9.17, 15) is 9.59 Å². The molecule has 1 saturated carbocycles. The highest BCUT2D eigenvalue weighted by atomic mass is 16.5. The van der Waals surface area contributed by atoms with Gasteiger partial charge in [-0.05, 0) is 38.1 Å². The quantitative estimate of drug-likeness (QED) is 0.240. The summed E-state index contributed by atoms with van der Waals surface area (Å²) in [5.74, 6) is -0.334. The predicted octanol–water partition coefficient (Wildman–Crippen LogP) is 3.48. The molecule has 1 rings (SSSR count). The van der Waals surface area contributed by atoms with Crippen molar-refractivity contribution in [1.82, 2.24) is 5.32 Å². The van der Waals surface area contributed by atoms with E-state index < -0.39 is 24.1 Å². The third kappa shape index (κ3) is 6.91. The van der Waals surface area contributed by atoms with Crippen LogP contribution in [0, 0.1) is 5.92 Å². The molecule has 0 aromatic rings. The zero-order valence-electron chi connectivity index (χ0n) is 14.3. The number of carbonyl (C=O) groups is 2. The van der Waals surface area contributed by atoms with E-state index in [1.54, 1.807) is 13.8 Å². The zero-order chi connectivity index (χ0) is 17.8. The maximum absolute atomic E-state index is 11.9. The maximum Gasteiger partial charge on any atom is 0.407 e. The fraction of sp³-hybridized carbons (Fsp3) is 0.750. The van der Waals surface area contributed by atoms with Gasteiger partial charge in [-0.3, -0.25) is 0 Å². The molecular formula is C16H26N4O4. The van der Waals surface area contributed by atoms with E-state index >= 15 is 0 Å². The Balaban J connectivity index is 2.93. The summed E-state index contributed by atoms with van der Waals surface area (Å²) in [6.45, 7) is 3.96. The Morgan fingerprint density at radius 3 is 2.50 bits per heavy atom. The van der Waals surface area contributed by atoms with E-state index in [0.717, 1.165) is 32.1 Å². The van der Waals surface area contributed by atoms with Crippen molar-refractivity contribution in [3.05, 3.63) is 22.6 Å². The second-order valence-corrected chi connectivity index (χ2v) is 5.60. The Morgan fingerprint density at radius 2 is 1.92 bits per heavy atom. The van der Waals surface area contributed by atoms with Gasteiger partial charge in [0.05, 0.1) is 19.3 Å². The molecule has 1 fully saturated rings. The summed E-state index contributed by atoms with van der Waals surface area (Å²) in [5, 5.41) is 6.56. The molecule has 1 aliphatic carbocycles. The average molecular weight is 338 g/mol. The van der Waals surface area contributed by atoms with Crippen LogP contribution in [0.2, 0.25) is 0 Å². The van der Waals surface area contributed by atoms with E-state index in [2.05, 4.69) is 15.3 Å². The molecule has 0 heterocycles. The van der Waals surface area contributed by atoms with Crippen LogP contribution in [-0.2, 0) is 14.3 Å². The molecule has 1 N–H and O–H groups in total. The van der Waals surface area contributed by atoms with Gasteiger partial charge in [-0.2, -0.15) is 0 Å². The summed E-state index contributed by atoms with van der Waals surface area (Å²) < 4.78 is 9.80. The van der Waals surface area contributed by atoms with Crippen LogP contribution < -0.4 is 5.32 Å². The monoisotopic (exact) mass is 338 g/mol. The third-order valence-corrected chi connectivity index (χ3v) is 3.99. The van der Waals surface area contributed by atoms with Gasteiger partial charge in [-0.15, -0.1) is 0 Å². The van der Waals surface area contributed by atoms with Crippen molar-refractivity contribution >= 4 is 12.1 Å². The molecule has 0 aliphatic heterocycles. The van der Waals surface area contributed by atoms with Crippen LogP contribution in [-0.4, -0.2) is 37.4 Å². The summed E-state index contributed by atoms with van der Waals surface area (Å²) >= 11 is 0. The molecule has 8 nitrogen and oxygen atoms in total. The molecule has 2 atom stereocenters. The Kier molecular flexibility index (Phi) is 9.38. The van der Waals surface area contributed by atoms with Gasteiger partial charge in [0.1, 0.15) is 0 Å². The first-order valence-corrected chi connectivity index (χ1v) is 8.44. The number of azide groups is 1. The van der Waals surface area contributed by atoms with E-state index in [0.29, 0.717) is 0 Å². The van der Waals surface area contributed by atoms with Crippen LogP contribution in [0.15, 0.2) is 17.3 Å². The smallest absolute Gasteiger partial charge is 0.407 e. The normalized spacial score (nSPS) is 17.6. The van der Waals surface area contributed by atoms with Gasteiger partial charge in [-0.25, -0.2) is 9.59 Å². The molecule has 1 aliphatic rings.